The molecule has 1 rings (SSSR count). The van der Waals surface area contributed by atoms with Crippen LogP contribution in [0.5, 0.6) is 0 Å². The van der Waals surface area contributed by atoms with Crippen LogP contribution in [0.1, 0.15) is 25.2 Å². The summed E-state index contributed by atoms with van der Waals surface area (Å²) in [6.07, 6.45) is 0.359. The Labute approximate surface area is 90.2 Å². The van der Waals surface area contributed by atoms with E-state index in [9.17, 15) is 4.79 Å². The molecule has 0 bridgehead atoms. The molecule has 0 aliphatic heterocycles. The fourth-order valence-corrected chi connectivity index (χ4v) is 1.32. The third-order valence-corrected chi connectivity index (χ3v) is 2.62. The second-order valence-corrected chi connectivity index (χ2v) is 4.22. The van der Waals surface area contributed by atoms with E-state index in [1.165, 1.54) is 0 Å². The van der Waals surface area contributed by atoms with Gasteiger partial charge in [0.2, 0.25) is 0 Å². The lowest BCUT2D eigenvalue weighted by Crippen LogP contribution is -2.35. The summed E-state index contributed by atoms with van der Waals surface area (Å²) in [5.74, 6) is 0.0630. The highest BCUT2D eigenvalue weighted by molar-refractivity contribution is 5.88. The topological polar surface area (TPSA) is 44.1 Å². The smallest absolute Gasteiger partial charge is 0.169 e. The molecule has 1 heterocycles. The zero-order chi connectivity index (χ0) is 11.6. The molecule has 0 aliphatic rings. The maximum Gasteiger partial charge on any atom is 0.169 e. The van der Waals surface area contributed by atoms with Gasteiger partial charge in [0.25, 0.3) is 0 Å². The van der Waals surface area contributed by atoms with Crippen LogP contribution in [0.3, 0.4) is 0 Å². The van der Waals surface area contributed by atoms with Crippen LogP contribution in [0, 0.1) is 6.92 Å². The Kier molecular flexibility index (Phi) is 3.29. The lowest BCUT2D eigenvalue weighted by molar-refractivity contribution is -0.136. The summed E-state index contributed by atoms with van der Waals surface area (Å²) in [7, 11) is 3.39. The Balaban J connectivity index is 2.79. The van der Waals surface area contributed by atoms with Crippen LogP contribution < -0.4 is 0 Å². The maximum absolute atomic E-state index is 11.9. The van der Waals surface area contributed by atoms with Gasteiger partial charge in [-0.15, -0.1) is 0 Å². The number of hydrogen-bond acceptors (Lipinski definition) is 3. The van der Waals surface area contributed by atoms with Crippen molar-refractivity contribution in [2.24, 2.45) is 7.05 Å². The third kappa shape index (κ3) is 2.65. The standard InChI is InChI=1S/C11H18N2O2/c1-8-6-9(13(4)12-8)7-10(14)11(2,3)15-5/h6H,7H2,1-5H3. The predicted molar refractivity (Wildman–Crippen MR) is 57.7 cm³/mol. The van der Waals surface area contributed by atoms with Crippen molar-refractivity contribution < 1.29 is 9.53 Å². The fraction of sp³-hybridized carbons (Fsp3) is 0.636. The van der Waals surface area contributed by atoms with E-state index in [1.54, 1.807) is 25.6 Å². The Morgan fingerprint density at radius 1 is 1.60 bits per heavy atom. The quantitative estimate of drug-likeness (QED) is 0.751. The number of Topliss-reactive ketones (excluding diaryl/α,β-unsaturated/α-hetero) is 1. The van der Waals surface area contributed by atoms with Gasteiger partial charge in [-0.2, -0.15) is 5.10 Å². The van der Waals surface area contributed by atoms with Crippen LogP contribution in [0.25, 0.3) is 0 Å². The first-order chi connectivity index (χ1) is 6.86. The Morgan fingerprint density at radius 2 is 2.20 bits per heavy atom. The van der Waals surface area contributed by atoms with Gasteiger partial charge in [-0.25, -0.2) is 0 Å². The van der Waals surface area contributed by atoms with Crippen LogP contribution >= 0.6 is 0 Å². The Hall–Kier alpha value is -1.16. The van der Waals surface area contributed by atoms with Crippen LogP contribution in [-0.2, 0) is 23.0 Å². The van der Waals surface area contributed by atoms with Crippen LogP contribution in [-0.4, -0.2) is 28.3 Å². The van der Waals surface area contributed by atoms with Crippen molar-refractivity contribution in [3.63, 3.8) is 0 Å². The zero-order valence-corrected chi connectivity index (χ0v) is 10.00. The van der Waals surface area contributed by atoms with E-state index in [0.29, 0.717) is 6.42 Å². The van der Waals surface area contributed by atoms with Crippen molar-refractivity contribution in [3.8, 4) is 0 Å². The number of nitrogens with zero attached hydrogens (tertiary/aromatic N) is 2. The first-order valence-electron chi connectivity index (χ1n) is 4.95. The van der Waals surface area contributed by atoms with Gasteiger partial charge < -0.3 is 4.74 Å². The van der Waals surface area contributed by atoms with Crippen molar-refractivity contribution >= 4 is 5.78 Å². The monoisotopic (exact) mass is 210 g/mol. The van der Waals surface area contributed by atoms with E-state index in [0.717, 1.165) is 11.4 Å². The third-order valence-electron chi connectivity index (χ3n) is 2.62. The molecule has 0 aliphatic carbocycles. The largest absolute Gasteiger partial charge is 0.371 e. The molecule has 0 unspecified atom stereocenters. The van der Waals surface area contributed by atoms with E-state index in [1.807, 2.05) is 20.0 Å². The molecule has 1 aromatic heterocycles. The normalized spacial score (nSPS) is 11.8. The van der Waals surface area contributed by atoms with Crippen molar-refractivity contribution in [2.75, 3.05) is 7.11 Å². The van der Waals surface area contributed by atoms with E-state index >= 15 is 0 Å². The van der Waals surface area contributed by atoms with Crippen LogP contribution in [0.2, 0.25) is 0 Å². The highest BCUT2D eigenvalue weighted by atomic mass is 16.5. The Morgan fingerprint density at radius 3 is 2.60 bits per heavy atom. The predicted octanol–water partition coefficient (Wildman–Crippen LogP) is 1.27. The molecule has 0 N–H and O–H groups in total. The van der Waals surface area contributed by atoms with E-state index in [4.69, 9.17) is 4.74 Å². The molecule has 0 amide bonds. The van der Waals surface area contributed by atoms with Crippen molar-refractivity contribution in [2.45, 2.75) is 32.8 Å². The van der Waals surface area contributed by atoms with Crippen molar-refractivity contribution in [1.29, 1.82) is 0 Å². The first-order valence-corrected chi connectivity index (χ1v) is 4.95. The van der Waals surface area contributed by atoms with Gasteiger partial charge in [0.15, 0.2) is 5.78 Å². The molecular weight excluding hydrogens is 192 g/mol. The molecule has 15 heavy (non-hydrogen) atoms. The molecule has 4 nitrogen and oxygen atoms in total. The van der Waals surface area contributed by atoms with Gasteiger partial charge in [0.05, 0.1) is 12.1 Å². The van der Waals surface area contributed by atoms with Gasteiger partial charge in [0, 0.05) is 19.9 Å². The Bertz CT molecular complexity index is 367. The van der Waals surface area contributed by atoms with E-state index in [-0.39, 0.29) is 5.78 Å². The fourth-order valence-electron chi connectivity index (χ4n) is 1.32. The number of carbonyl (C=O) groups is 1. The minimum Gasteiger partial charge on any atom is -0.371 e. The maximum atomic E-state index is 11.9. The van der Waals surface area contributed by atoms with Gasteiger partial charge in [-0.3, -0.25) is 9.48 Å². The lowest BCUT2D eigenvalue weighted by Gasteiger charge is -2.20. The molecule has 0 radical (unpaired) electrons. The second kappa shape index (κ2) is 4.14. The molecule has 1 aromatic rings. The molecule has 0 atom stereocenters. The van der Waals surface area contributed by atoms with Gasteiger partial charge in [-0.1, -0.05) is 0 Å². The molecule has 0 saturated heterocycles. The molecule has 84 valence electrons. The van der Waals surface area contributed by atoms with Crippen LogP contribution in [0.15, 0.2) is 6.07 Å². The molecular formula is C11H18N2O2. The number of aryl methyl sites for hydroxylation is 2. The van der Waals surface area contributed by atoms with Gasteiger partial charge in [0.1, 0.15) is 5.60 Å². The number of aromatic nitrogens is 2. The summed E-state index contributed by atoms with van der Waals surface area (Å²) in [5.41, 5.74) is 1.12. The lowest BCUT2D eigenvalue weighted by atomic mass is 9.99. The minimum absolute atomic E-state index is 0.0630. The summed E-state index contributed by atoms with van der Waals surface area (Å²) in [4.78, 5) is 11.9. The summed E-state index contributed by atoms with van der Waals surface area (Å²) in [6.45, 7) is 5.46. The molecule has 0 fully saturated rings. The molecule has 4 heteroatoms. The summed E-state index contributed by atoms with van der Waals surface area (Å²) in [5, 5.41) is 4.20. The molecule has 0 saturated carbocycles. The highest BCUT2D eigenvalue weighted by Crippen LogP contribution is 2.13. The molecule has 0 spiro atoms. The van der Waals surface area contributed by atoms with E-state index in [2.05, 4.69) is 5.10 Å². The summed E-state index contributed by atoms with van der Waals surface area (Å²) < 4.78 is 6.87. The number of ketones is 1. The first kappa shape index (κ1) is 11.9. The minimum atomic E-state index is -0.724. The van der Waals surface area contributed by atoms with Gasteiger partial charge >= 0.3 is 0 Å². The zero-order valence-electron chi connectivity index (χ0n) is 10.00. The van der Waals surface area contributed by atoms with Crippen molar-refractivity contribution in [1.82, 2.24) is 9.78 Å². The summed E-state index contributed by atoms with van der Waals surface area (Å²) >= 11 is 0. The van der Waals surface area contributed by atoms with Gasteiger partial charge in [-0.05, 0) is 26.8 Å². The van der Waals surface area contributed by atoms with Crippen molar-refractivity contribution in [3.05, 3.63) is 17.5 Å². The highest BCUT2D eigenvalue weighted by Gasteiger charge is 2.27. The SMILES string of the molecule is COC(C)(C)C(=O)Cc1cc(C)nn1C. The number of hydrogen-bond donors (Lipinski definition) is 0. The van der Waals surface area contributed by atoms with Crippen LogP contribution in [0.4, 0.5) is 0 Å². The number of ether oxygens (including phenoxy) is 1. The summed E-state index contributed by atoms with van der Waals surface area (Å²) in [6, 6.07) is 1.92. The van der Waals surface area contributed by atoms with E-state index < -0.39 is 5.60 Å². The molecule has 0 aromatic carbocycles. The second-order valence-electron chi connectivity index (χ2n) is 4.22. The number of carbonyl (C=O) groups excluding carboxylic acids is 1. The average Bonchev–Trinajstić information content (AvgIpc) is 2.45. The number of methoxy groups -OCH3 is 1. The number of rotatable bonds is 4. The average molecular weight is 210 g/mol.